The van der Waals surface area contributed by atoms with Gasteiger partial charge in [0, 0.05) is 22.2 Å². The lowest BCUT2D eigenvalue weighted by Gasteiger charge is -2.36. The second kappa shape index (κ2) is 8.20. The molecule has 1 fully saturated rings. The molecule has 0 radical (unpaired) electrons. The van der Waals surface area contributed by atoms with Crippen molar-refractivity contribution in [3.05, 3.63) is 21.9 Å². The third-order valence-electron chi connectivity index (χ3n) is 4.62. The van der Waals surface area contributed by atoms with E-state index in [1.165, 1.54) is 9.78 Å². The quantitative estimate of drug-likeness (QED) is 0.616. The fourth-order valence-electron chi connectivity index (χ4n) is 3.19. The largest absolute Gasteiger partial charge is 0.466 e. The molecule has 0 bridgehead atoms. The van der Waals surface area contributed by atoms with Crippen LogP contribution in [0.15, 0.2) is 12.1 Å². The second-order valence-electron chi connectivity index (χ2n) is 7.61. The SMILES string of the molecule is CCOC(=O)CC(=O)[C@H]1CCN(C(=O)O)[C@@H](c2ccc(C(C)(C)C)s2)C1. The first kappa shape index (κ1) is 20.4. The summed E-state index contributed by atoms with van der Waals surface area (Å²) in [7, 11) is 0. The van der Waals surface area contributed by atoms with Crippen molar-refractivity contribution in [1.82, 2.24) is 4.90 Å². The molecule has 1 aliphatic heterocycles. The zero-order valence-electron chi connectivity index (χ0n) is 15.8. The summed E-state index contributed by atoms with van der Waals surface area (Å²) in [6.07, 6.45) is -0.361. The van der Waals surface area contributed by atoms with Gasteiger partial charge >= 0.3 is 12.1 Å². The van der Waals surface area contributed by atoms with Gasteiger partial charge in [0.15, 0.2) is 0 Å². The first-order valence-electron chi connectivity index (χ1n) is 8.91. The Morgan fingerprint density at radius 1 is 1.31 bits per heavy atom. The summed E-state index contributed by atoms with van der Waals surface area (Å²) >= 11 is 1.60. The molecular formula is C19H27NO5S. The van der Waals surface area contributed by atoms with Crippen molar-refractivity contribution in [3.8, 4) is 0 Å². The Hall–Kier alpha value is -1.89. The molecule has 144 valence electrons. The van der Waals surface area contributed by atoms with Crippen LogP contribution in [-0.2, 0) is 19.7 Å². The maximum atomic E-state index is 12.4. The Kier molecular flexibility index (Phi) is 6.44. The summed E-state index contributed by atoms with van der Waals surface area (Å²) < 4.78 is 4.85. The second-order valence-corrected chi connectivity index (χ2v) is 8.73. The summed E-state index contributed by atoms with van der Waals surface area (Å²) in [6.45, 7) is 8.59. The molecule has 1 aliphatic rings. The molecule has 0 unspecified atom stereocenters. The Morgan fingerprint density at radius 2 is 2.00 bits per heavy atom. The molecule has 1 saturated heterocycles. The number of carboxylic acid groups (broad SMARTS) is 1. The van der Waals surface area contributed by atoms with Gasteiger partial charge in [-0.15, -0.1) is 11.3 Å². The highest BCUT2D eigenvalue weighted by Crippen LogP contribution is 2.40. The van der Waals surface area contributed by atoms with Crippen molar-refractivity contribution in [2.24, 2.45) is 5.92 Å². The lowest BCUT2D eigenvalue weighted by molar-refractivity contribution is -0.146. The minimum Gasteiger partial charge on any atom is -0.466 e. The topological polar surface area (TPSA) is 83.9 Å². The van der Waals surface area contributed by atoms with Crippen LogP contribution in [0.3, 0.4) is 0 Å². The molecule has 1 aromatic heterocycles. The number of carbonyl (C=O) groups excluding carboxylic acids is 2. The summed E-state index contributed by atoms with van der Waals surface area (Å²) in [5.41, 5.74) is -0.00916. The average Bonchev–Trinajstić information content (AvgIpc) is 3.04. The van der Waals surface area contributed by atoms with Crippen molar-refractivity contribution in [2.75, 3.05) is 13.2 Å². The number of ketones is 1. The summed E-state index contributed by atoms with van der Waals surface area (Å²) in [4.78, 5) is 39.2. The van der Waals surface area contributed by atoms with E-state index in [-0.39, 0.29) is 36.2 Å². The van der Waals surface area contributed by atoms with Crippen molar-refractivity contribution in [3.63, 3.8) is 0 Å². The van der Waals surface area contributed by atoms with Crippen LogP contribution in [0.5, 0.6) is 0 Å². The zero-order chi connectivity index (χ0) is 19.5. The third-order valence-corrected chi connectivity index (χ3v) is 6.23. The van der Waals surface area contributed by atoms with Crippen molar-refractivity contribution in [2.45, 2.75) is 58.4 Å². The van der Waals surface area contributed by atoms with Crippen molar-refractivity contribution >= 4 is 29.2 Å². The normalized spacial score (nSPS) is 20.7. The third kappa shape index (κ3) is 4.84. The van der Waals surface area contributed by atoms with Crippen molar-refractivity contribution in [1.29, 1.82) is 0 Å². The maximum absolute atomic E-state index is 12.4. The van der Waals surface area contributed by atoms with Crippen LogP contribution in [0.2, 0.25) is 0 Å². The van der Waals surface area contributed by atoms with Crippen LogP contribution in [-0.4, -0.2) is 41.0 Å². The van der Waals surface area contributed by atoms with E-state index < -0.39 is 12.1 Å². The molecule has 0 aliphatic carbocycles. The molecule has 2 heterocycles. The van der Waals surface area contributed by atoms with E-state index in [1.54, 1.807) is 18.3 Å². The molecule has 1 N–H and O–H groups in total. The number of Topliss-reactive ketones (excluding diaryl/α,β-unsaturated/α-hetero) is 1. The summed E-state index contributed by atoms with van der Waals surface area (Å²) in [6, 6.07) is 3.65. The van der Waals surface area contributed by atoms with Gasteiger partial charge in [-0.2, -0.15) is 0 Å². The number of rotatable bonds is 5. The highest BCUT2D eigenvalue weighted by Gasteiger charge is 2.37. The standard InChI is InChI=1S/C19H27NO5S/c1-5-25-17(22)11-14(21)12-8-9-20(18(23)24)13(10-12)15-6-7-16(26-15)19(2,3)4/h6-7,12-13H,5,8-11H2,1-4H3,(H,23,24)/t12-,13+/m0/s1. The van der Waals surface area contributed by atoms with Crippen LogP contribution in [0, 0.1) is 5.92 Å². The number of nitrogens with zero attached hydrogens (tertiary/aromatic N) is 1. The summed E-state index contributed by atoms with van der Waals surface area (Å²) in [5, 5.41) is 9.55. The number of piperidine rings is 1. The van der Waals surface area contributed by atoms with Gasteiger partial charge in [-0.05, 0) is 37.3 Å². The van der Waals surface area contributed by atoms with Crippen molar-refractivity contribution < 1.29 is 24.2 Å². The van der Waals surface area contributed by atoms with Gasteiger partial charge in [-0.25, -0.2) is 4.79 Å². The Bertz CT molecular complexity index is 676. The van der Waals surface area contributed by atoms with E-state index in [0.717, 1.165) is 4.88 Å². The smallest absolute Gasteiger partial charge is 0.407 e. The molecule has 7 heteroatoms. The lowest BCUT2D eigenvalue weighted by Crippen LogP contribution is -2.42. The Morgan fingerprint density at radius 3 is 2.54 bits per heavy atom. The van der Waals surface area contributed by atoms with Gasteiger partial charge in [0.2, 0.25) is 0 Å². The summed E-state index contributed by atoms with van der Waals surface area (Å²) in [5.74, 6) is -0.993. The molecule has 1 aromatic rings. The number of likely N-dealkylation sites (tertiary alicyclic amines) is 1. The highest BCUT2D eigenvalue weighted by molar-refractivity contribution is 7.12. The molecular weight excluding hydrogens is 354 g/mol. The number of ether oxygens (including phenoxy) is 1. The van der Waals surface area contributed by atoms with Gasteiger partial charge in [-0.1, -0.05) is 20.8 Å². The molecule has 2 atom stereocenters. The molecule has 0 spiro atoms. The fraction of sp³-hybridized carbons (Fsp3) is 0.632. The van der Waals surface area contributed by atoms with Gasteiger partial charge in [0.1, 0.15) is 12.2 Å². The first-order chi connectivity index (χ1) is 12.1. The van der Waals surface area contributed by atoms with Gasteiger partial charge in [-0.3, -0.25) is 9.59 Å². The van der Waals surface area contributed by atoms with Gasteiger partial charge in [0.05, 0.1) is 12.6 Å². The fourth-order valence-corrected chi connectivity index (χ4v) is 4.38. The minimum absolute atomic E-state index is 0.00916. The molecule has 2 rings (SSSR count). The van der Waals surface area contributed by atoms with E-state index in [0.29, 0.717) is 19.4 Å². The van der Waals surface area contributed by atoms with E-state index >= 15 is 0 Å². The van der Waals surface area contributed by atoms with E-state index in [1.807, 2.05) is 12.1 Å². The van der Waals surface area contributed by atoms with E-state index in [4.69, 9.17) is 4.74 Å². The number of hydrogen-bond acceptors (Lipinski definition) is 5. The molecule has 0 saturated carbocycles. The molecule has 0 aromatic carbocycles. The maximum Gasteiger partial charge on any atom is 0.407 e. The lowest BCUT2D eigenvalue weighted by atomic mass is 9.86. The van der Waals surface area contributed by atoms with Crippen LogP contribution in [0.4, 0.5) is 4.79 Å². The predicted molar refractivity (Wildman–Crippen MR) is 99.5 cm³/mol. The number of carbonyl (C=O) groups is 3. The van der Waals surface area contributed by atoms with Gasteiger partial charge < -0.3 is 14.7 Å². The number of thiophene rings is 1. The van der Waals surface area contributed by atoms with Crippen LogP contribution in [0.1, 0.15) is 62.8 Å². The van der Waals surface area contributed by atoms with E-state index in [2.05, 4.69) is 20.8 Å². The van der Waals surface area contributed by atoms with Crippen LogP contribution >= 0.6 is 11.3 Å². The first-order valence-corrected chi connectivity index (χ1v) is 9.73. The monoisotopic (exact) mass is 381 g/mol. The molecule has 1 amide bonds. The number of esters is 1. The van der Waals surface area contributed by atoms with E-state index in [9.17, 15) is 19.5 Å². The zero-order valence-corrected chi connectivity index (χ0v) is 16.6. The predicted octanol–water partition coefficient (Wildman–Crippen LogP) is 4.00. The Balaban J connectivity index is 2.18. The van der Waals surface area contributed by atoms with Gasteiger partial charge in [0.25, 0.3) is 0 Å². The highest BCUT2D eigenvalue weighted by atomic mass is 32.1. The molecule has 6 nitrogen and oxygen atoms in total. The van der Waals surface area contributed by atoms with Crippen LogP contribution in [0.25, 0.3) is 0 Å². The van der Waals surface area contributed by atoms with Crippen LogP contribution < -0.4 is 0 Å². The molecule has 26 heavy (non-hydrogen) atoms. The minimum atomic E-state index is -0.975. The Labute approximate surface area is 158 Å². The average molecular weight is 381 g/mol. The number of amides is 1. The number of hydrogen-bond donors (Lipinski definition) is 1.